The van der Waals surface area contributed by atoms with Crippen LogP contribution in [0.2, 0.25) is 5.02 Å². The van der Waals surface area contributed by atoms with Gasteiger partial charge in [0, 0.05) is 4.47 Å². The lowest BCUT2D eigenvalue weighted by Crippen LogP contribution is -2.08. The van der Waals surface area contributed by atoms with E-state index in [4.69, 9.17) is 22.1 Å². The zero-order valence-corrected chi connectivity index (χ0v) is 10.6. The van der Waals surface area contributed by atoms with Crippen LogP contribution in [0.5, 0.6) is 0 Å². The van der Waals surface area contributed by atoms with Gasteiger partial charge in [-0.15, -0.1) is 0 Å². The van der Waals surface area contributed by atoms with E-state index in [2.05, 4.69) is 15.9 Å². The van der Waals surface area contributed by atoms with Gasteiger partial charge < -0.3 is 10.5 Å². The summed E-state index contributed by atoms with van der Waals surface area (Å²) >= 11 is 9.13. The summed E-state index contributed by atoms with van der Waals surface area (Å²) in [6, 6.07) is 3.34. The Hall–Kier alpha value is -0.740. The third kappa shape index (κ3) is 3.39. The van der Waals surface area contributed by atoms with Gasteiger partial charge in [-0.25, -0.2) is 0 Å². The van der Waals surface area contributed by atoms with Crippen LogP contribution in [-0.4, -0.2) is 12.6 Å². The van der Waals surface area contributed by atoms with Gasteiger partial charge in [-0.2, -0.15) is 0 Å². The van der Waals surface area contributed by atoms with Crippen molar-refractivity contribution in [3.8, 4) is 0 Å². The molecule has 1 aromatic rings. The van der Waals surface area contributed by atoms with E-state index in [0.29, 0.717) is 17.3 Å². The average molecular weight is 293 g/mol. The predicted octanol–water partition coefficient (Wildman–Crippen LogP) is 2.79. The van der Waals surface area contributed by atoms with E-state index in [0.717, 1.165) is 10.0 Å². The molecule has 0 saturated carbocycles. The molecule has 1 aromatic carbocycles. The first-order chi connectivity index (χ1) is 7.04. The van der Waals surface area contributed by atoms with Crippen molar-refractivity contribution in [2.45, 2.75) is 13.3 Å². The highest BCUT2D eigenvalue weighted by Gasteiger charge is 2.09. The number of halogens is 2. The Morgan fingerprint density at radius 2 is 2.27 bits per heavy atom. The Morgan fingerprint density at radius 1 is 1.60 bits per heavy atom. The van der Waals surface area contributed by atoms with Gasteiger partial charge in [0.15, 0.2) is 0 Å². The van der Waals surface area contributed by atoms with Gasteiger partial charge in [0.1, 0.15) is 0 Å². The van der Waals surface area contributed by atoms with Crippen LogP contribution in [0.1, 0.15) is 12.5 Å². The van der Waals surface area contributed by atoms with E-state index in [9.17, 15) is 4.79 Å². The smallest absolute Gasteiger partial charge is 0.310 e. The number of hydrogen-bond donors (Lipinski definition) is 1. The normalized spacial score (nSPS) is 10.1. The maximum Gasteiger partial charge on any atom is 0.310 e. The quantitative estimate of drug-likeness (QED) is 0.688. The number of ether oxygens (including phenoxy) is 1. The number of carbonyl (C=O) groups excluding carboxylic acids is 1. The third-order valence-corrected chi connectivity index (χ3v) is 2.87. The van der Waals surface area contributed by atoms with Gasteiger partial charge in [-0.1, -0.05) is 27.5 Å². The van der Waals surface area contributed by atoms with Gasteiger partial charge in [0.2, 0.25) is 0 Å². The molecule has 0 aliphatic heterocycles. The molecule has 0 amide bonds. The molecule has 0 fully saturated rings. The van der Waals surface area contributed by atoms with Crippen LogP contribution in [0.4, 0.5) is 5.69 Å². The summed E-state index contributed by atoms with van der Waals surface area (Å²) in [5.74, 6) is -0.278. The second-order valence-corrected chi connectivity index (χ2v) is 4.21. The number of benzene rings is 1. The molecule has 0 saturated heterocycles. The van der Waals surface area contributed by atoms with Gasteiger partial charge in [-0.05, 0) is 24.6 Å². The number of carbonyl (C=O) groups is 1. The fourth-order valence-corrected chi connectivity index (χ4v) is 1.89. The number of rotatable bonds is 3. The fraction of sp³-hybridized carbons (Fsp3) is 0.300. The molecule has 2 N–H and O–H groups in total. The Balaban J connectivity index is 2.86. The maximum absolute atomic E-state index is 11.2. The van der Waals surface area contributed by atoms with Gasteiger partial charge in [0.05, 0.1) is 23.7 Å². The van der Waals surface area contributed by atoms with E-state index < -0.39 is 0 Å². The summed E-state index contributed by atoms with van der Waals surface area (Å²) in [5.41, 5.74) is 6.87. The second kappa shape index (κ2) is 5.37. The SMILES string of the molecule is CCOC(=O)Cc1cc(N)c(Cl)cc1Br. The van der Waals surface area contributed by atoms with Crippen LogP contribution in [0.15, 0.2) is 16.6 Å². The minimum absolute atomic E-state index is 0.190. The molecule has 5 heteroatoms. The number of anilines is 1. The molecule has 0 heterocycles. The van der Waals surface area contributed by atoms with Gasteiger partial charge >= 0.3 is 5.97 Å². The number of nitrogen functional groups attached to an aromatic ring is 1. The lowest BCUT2D eigenvalue weighted by molar-refractivity contribution is -0.142. The van der Waals surface area contributed by atoms with Crippen LogP contribution in [0.3, 0.4) is 0 Å². The summed E-state index contributed by atoms with van der Waals surface area (Å²) in [6.07, 6.45) is 0.190. The molecular weight excluding hydrogens is 281 g/mol. The lowest BCUT2D eigenvalue weighted by Gasteiger charge is -2.07. The van der Waals surface area contributed by atoms with E-state index in [-0.39, 0.29) is 12.4 Å². The van der Waals surface area contributed by atoms with Crippen LogP contribution in [-0.2, 0) is 16.0 Å². The molecule has 1 rings (SSSR count). The highest BCUT2D eigenvalue weighted by atomic mass is 79.9. The topological polar surface area (TPSA) is 52.3 Å². The first-order valence-electron chi connectivity index (χ1n) is 4.43. The molecule has 82 valence electrons. The zero-order chi connectivity index (χ0) is 11.4. The highest BCUT2D eigenvalue weighted by molar-refractivity contribution is 9.10. The van der Waals surface area contributed by atoms with E-state index in [1.54, 1.807) is 19.1 Å². The first-order valence-corrected chi connectivity index (χ1v) is 5.60. The highest BCUT2D eigenvalue weighted by Crippen LogP contribution is 2.27. The van der Waals surface area contributed by atoms with Crippen LogP contribution in [0.25, 0.3) is 0 Å². The Kier molecular flexibility index (Phi) is 4.42. The molecule has 0 bridgehead atoms. The first kappa shape index (κ1) is 12.3. The van der Waals surface area contributed by atoms with Crippen LogP contribution < -0.4 is 5.73 Å². The van der Waals surface area contributed by atoms with Crippen molar-refractivity contribution in [3.63, 3.8) is 0 Å². The molecule has 0 radical (unpaired) electrons. The minimum atomic E-state index is -0.278. The van der Waals surface area contributed by atoms with E-state index >= 15 is 0 Å². The summed E-state index contributed by atoms with van der Waals surface area (Å²) in [4.78, 5) is 11.2. The largest absolute Gasteiger partial charge is 0.466 e. The molecule has 15 heavy (non-hydrogen) atoms. The maximum atomic E-state index is 11.2. The van der Waals surface area contributed by atoms with Crippen molar-refractivity contribution in [1.29, 1.82) is 0 Å². The minimum Gasteiger partial charge on any atom is -0.466 e. The van der Waals surface area contributed by atoms with E-state index in [1.807, 2.05) is 0 Å². The van der Waals surface area contributed by atoms with Crippen molar-refractivity contribution in [2.75, 3.05) is 12.3 Å². The summed E-state index contributed by atoms with van der Waals surface area (Å²) in [5, 5.41) is 0.467. The summed E-state index contributed by atoms with van der Waals surface area (Å²) < 4.78 is 5.60. The fourth-order valence-electron chi connectivity index (χ4n) is 1.12. The molecule has 0 aromatic heterocycles. The predicted molar refractivity (Wildman–Crippen MR) is 63.9 cm³/mol. The summed E-state index contributed by atoms with van der Waals surface area (Å²) in [7, 11) is 0. The Labute approximate surface area is 102 Å². The Morgan fingerprint density at radius 3 is 2.87 bits per heavy atom. The van der Waals surface area contributed by atoms with E-state index in [1.165, 1.54) is 0 Å². The number of nitrogens with two attached hydrogens (primary N) is 1. The van der Waals surface area contributed by atoms with Crippen molar-refractivity contribution in [3.05, 3.63) is 27.2 Å². The van der Waals surface area contributed by atoms with Crippen molar-refractivity contribution in [2.24, 2.45) is 0 Å². The molecule has 0 aliphatic carbocycles. The van der Waals surface area contributed by atoms with Crippen molar-refractivity contribution < 1.29 is 9.53 Å². The molecule has 3 nitrogen and oxygen atoms in total. The van der Waals surface area contributed by atoms with Crippen molar-refractivity contribution >= 4 is 39.2 Å². The molecule has 0 aliphatic rings. The zero-order valence-electron chi connectivity index (χ0n) is 8.22. The lowest BCUT2D eigenvalue weighted by atomic mass is 10.1. The standard InChI is InChI=1S/C10H11BrClNO2/c1-2-15-10(14)4-6-3-9(13)8(12)5-7(6)11/h3,5H,2,4,13H2,1H3. The second-order valence-electron chi connectivity index (χ2n) is 2.95. The van der Waals surface area contributed by atoms with Crippen molar-refractivity contribution in [1.82, 2.24) is 0 Å². The number of hydrogen-bond acceptors (Lipinski definition) is 3. The molecule has 0 unspecified atom stereocenters. The van der Waals surface area contributed by atoms with Crippen LogP contribution in [0, 0.1) is 0 Å². The summed E-state index contributed by atoms with van der Waals surface area (Å²) in [6.45, 7) is 2.14. The number of esters is 1. The van der Waals surface area contributed by atoms with Gasteiger partial charge in [0.25, 0.3) is 0 Å². The molecule has 0 spiro atoms. The van der Waals surface area contributed by atoms with Gasteiger partial charge in [-0.3, -0.25) is 4.79 Å². The molecule has 0 atom stereocenters. The Bertz CT molecular complexity index is 382. The third-order valence-electron chi connectivity index (χ3n) is 1.81. The monoisotopic (exact) mass is 291 g/mol. The van der Waals surface area contributed by atoms with Crippen LogP contribution >= 0.6 is 27.5 Å². The average Bonchev–Trinajstić information content (AvgIpc) is 2.14. The molecular formula is C10H11BrClNO2.